The molecule has 2 aromatic carbocycles. The van der Waals surface area contributed by atoms with Gasteiger partial charge in [0.05, 0.1) is 25.7 Å². The maximum absolute atomic E-state index is 12.9. The quantitative estimate of drug-likeness (QED) is 0.200. The van der Waals surface area contributed by atoms with Crippen molar-refractivity contribution >= 4 is 46.7 Å². The summed E-state index contributed by atoms with van der Waals surface area (Å²) < 4.78 is 10.8. The highest BCUT2D eigenvalue weighted by molar-refractivity contribution is 7.17. The van der Waals surface area contributed by atoms with Gasteiger partial charge in [-0.25, -0.2) is 4.79 Å². The van der Waals surface area contributed by atoms with Crippen molar-refractivity contribution in [1.82, 2.24) is 25.8 Å². The molecular weight excluding hydrogens is 731 g/mol. The molecule has 4 N–H and O–H groups in total. The van der Waals surface area contributed by atoms with Gasteiger partial charge in [-0.15, -0.1) is 0 Å². The van der Waals surface area contributed by atoms with Crippen LogP contribution in [0.4, 0.5) is 4.79 Å². The number of hydrogen-bond donors (Lipinski definition) is 4. The molecule has 4 atom stereocenters. The summed E-state index contributed by atoms with van der Waals surface area (Å²) in [5, 5.41) is 19.0. The summed E-state index contributed by atoms with van der Waals surface area (Å²) in [7, 11) is 11.6. The summed E-state index contributed by atoms with van der Waals surface area (Å²) in [5.74, 6) is 1.07. The molecule has 2 aromatic rings. The monoisotopic (exact) mass is 799 g/mol. The van der Waals surface area contributed by atoms with Gasteiger partial charge in [-0.05, 0) is 111 Å². The van der Waals surface area contributed by atoms with Crippen molar-refractivity contribution in [2.24, 2.45) is 11.8 Å². The maximum Gasteiger partial charge on any atom is 0.411 e. The molecule has 1 fully saturated rings. The van der Waals surface area contributed by atoms with E-state index in [2.05, 4.69) is 50.2 Å². The lowest BCUT2D eigenvalue weighted by Gasteiger charge is -2.37. The molecule has 1 saturated heterocycles. The lowest BCUT2D eigenvalue weighted by atomic mass is 9.40. The Labute approximate surface area is 351 Å². The molecule has 0 aromatic heterocycles. The van der Waals surface area contributed by atoms with Gasteiger partial charge in [0.2, 0.25) is 11.8 Å². The summed E-state index contributed by atoms with van der Waals surface area (Å²) in [4.78, 5) is 53.8. The number of likely N-dealkylation sites (tertiary alicyclic amines) is 1. The molecule has 0 bridgehead atoms. The van der Waals surface area contributed by atoms with Crippen LogP contribution in [-0.4, -0.2) is 118 Å². The predicted octanol–water partition coefficient (Wildman–Crippen LogP) is 4.61. The molecule has 315 valence electrons. The molecule has 5 rings (SSSR count). The molecule has 0 spiro atoms. The zero-order valence-corrected chi connectivity index (χ0v) is 35.3. The van der Waals surface area contributed by atoms with Gasteiger partial charge in [-0.1, -0.05) is 60.1 Å². The van der Waals surface area contributed by atoms with E-state index in [1.54, 1.807) is 40.0 Å². The molecule has 15 heteroatoms. The number of aromatic hydroxyl groups is 1. The van der Waals surface area contributed by atoms with Crippen molar-refractivity contribution in [3.63, 3.8) is 0 Å². The number of aldehydes is 1. The number of ether oxygens (including phenoxy) is 2. The highest BCUT2D eigenvalue weighted by Crippen LogP contribution is 2.29. The van der Waals surface area contributed by atoms with Gasteiger partial charge in [-0.2, -0.15) is 0 Å². The van der Waals surface area contributed by atoms with E-state index in [0.29, 0.717) is 31.1 Å². The first-order valence-corrected chi connectivity index (χ1v) is 20.2. The number of rotatable bonds is 10. The van der Waals surface area contributed by atoms with Crippen LogP contribution < -0.4 is 20.7 Å². The van der Waals surface area contributed by atoms with Crippen LogP contribution >= 0.6 is 0 Å². The van der Waals surface area contributed by atoms with Crippen molar-refractivity contribution in [1.29, 1.82) is 0 Å². The Bertz CT molecular complexity index is 1620. The van der Waals surface area contributed by atoms with E-state index in [9.17, 15) is 24.3 Å². The first-order valence-electron chi connectivity index (χ1n) is 20.2. The Hall–Kier alpha value is -3.97. The topological polar surface area (TPSA) is 150 Å². The molecule has 3 heterocycles. The Morgan fingerprint density at radius 2 is 1.53 bits per heavy atom. The van der Waals surface area contributed by atoms with Crippen LogP contribution in [-0.2, 0) is 45.1 Å². The summed E-state index contributed by atoms with van der Waals surface area (Å²) in [5.41, 5.74) is 3.42. The normalized spacial score (nSPS) is 18.8. The number of nitrogens with zero attached hydrogens (tertiary/aromatic N) is 2. The summed E-state index contributed by atoms with van der Waals surface area (Å²) in [6.07, 6.45) is 6.38. The van der Waals surface area contributed by atoms with E-state index < -0.39 is 23.8 Å². The first-order chi connectivity index (χ1) is 27.0. The zero-order chi connectivity index (χ0) is 42.3. The van der Waals surface area contributed by atoms with Crippen molar-refractivity contribution in [3.05, 3.63) is 58.7 Å². The van der Waals surface area contributed by atoms with Crippen molar-refractivity contribution < 1.29 is 33.8 Å². The fourth-order valence-electron chi connectivity index (χ4n) is 7.04. The van der Waals surface area contributed by atoms with Gasteiger partial charge in [0.1, 0.15) is 29.4 Å². The van der Waals surface area contributed by atoms with E-state index >= 15 is 0 Å². The third-order valence-corrected chi connectivity index (χ3v) is 10.4. The fourth-order valence-corrected chi connectivity index (χ4v) is 7.04. The van der Waals surface area contributed by atoms with Gasteiger partial charge < -0.3 is 40.2 Å². The van der Waals surface area contributed by atoms with Gasteiger partial charge in [0, 0.05) is 48.1 Å². The smallest absolute Gasteiger partial charge is 0.411 e. The van der Waals surface area contributed by atoms with Gasteiger partial charge in [0.25, 0.3) is 0 Å². The highest BCUT2D eigenvalue weighted by atomic mass is 16.6. The molecule has 3 aliphatic heterocycles. The fraction of sp³-hybridized carbons (Fsp3) is 0.628. The van der Waals surface area contributed by atoms with Gasteiger partial charge in [-0.3, -0.25) is 14.5 Å². The first kappa shape index (κ1) is 50.2. The van der Waals surface area contributed by atoms with Crippen LogP contribution in [0.5, 0.6) is 11.5 Å². The lowest BCUT2D eigenvalue weighted by molar-refractivity contribution is -0.129. The maximum atomic E-state index is 12.9. The zero-order valence-electron chi connectivity index (χ0n) is 35.3. The molecule has 5 radical (unpaired) electrons. The average molecular weight is 798 g/mol. The van der Waals surface area contributed by atoms with Crippen molar-refractivity contribution in [3.8, 4) is 11.5 Å². The molecule has 3 amide bonds. The number of phenols is 1. The van der Waals surface area contributed by atoms with E-state index in [4.69, 9.17) is 9.47 Å². The minimum Gasteiger partial charge on any atom is -0.508 e. The summed E-state index contributed by atoms with van der Waals surface area (Å²) in [6.45, 7) is 17.5. The SMILES string of the molecule is C.CC(C)[C@@H](CN1CCCCCC1)NC(=O)[C@H]1Cc2ccc(O)cc2CN1.COc1ccc2c(c1)CN(C(=O)OC(C)(C)C)[C@@H](C(=O)N[C@H](C=O)C(C)C)C2.[B][B][B]. The number of benzene rings is 2. The number of carbonyl (C=O) groups is 4. The van der Waals surface area contributed by atoms with E-state index in [0.717, 1.165) is 55.2 Å². The van der Waals surface area contributed by atoms with Crippen LogP contribution in [0.1, 0.15) is 104 Å². The molecule has 0 saturated carbocycles. The molecule has 0 aliphatic carbocycles. The minimum absolute atomic E-state index is 0. The van der Waals surface area contributed by atoms with Crippen LogP contribution in [0, 0.1) is 11.8 Å². The largest absolute Gasteiger partial charge is 0.508 e. The highest BCUT2D eigenvalue weighted by Gasteiger charge is 2.38. The minimum atomic E-state index is -0.753. The Morgan fingerprint density at radius 1 is 0.914 bits per heavy atom. The molecule has 3 aliphatic rings. The number of fused-ring (bicyclic) bond motifs is 2. The van der Waals surface area contributed by atoms with E-state index in [1.165, 1.54) is 30.6 Å². The number of amides is 3. The number of carbonyl (C=O) groups excluding carboxylic acids is 4. The Balaban J connectivity index is 0.000000369. The Morgan fingerprint density at radius 3 is 2.10 bits per heavy atom. The molecular formula is C43H67B3N5O7. The third-order valence-electron chi connectivity index (χ3n) is 10.4. The summed E-state index contributed by atoms with van der Waals surface area (Å²) >= 11 is 0. The standard InChI is InChI=1S/C21H33N3O2.C21H30N2O5.CH4.B3/c1-15(2)20(14-24-9-5-3-4-6-10-24)23-21(26)19-12-16-7-8-18(25)11-17(16)13-22-19;1-13(2)17(12-24)22-19(25)18-10-14-7-8-16(27-6)9-15(14)11-23(18)20(26)28-21(3,4)5;;1-3-2/h7-8,11,15,19-20,22,25H,3-6,9-10,12-14H2,1-2H3,(H,23,26);7-9,12-13,17-18H,10-11H2,1-6H3,(H,22,25);1H4;/t19-,20-;17-,18-;;/m11../s1. The molecule has 12 nitrogen and oxygen atoms in total. The van der Waals surface area contributed by atoms with Crippen LogP contribution in [0.2, 0.25) is 0 Å². The predicted molar refractivity (Wildman–Crippen MR) is 233 cm³/mol. The lowest BCUT2D eigenvalue weighted by Crippen LogP contribution is -2.56. The summed E-state index contributed by atoms with van der Waals surface area (Å²) in [6, 6.07) is 9.65. The van der Waals surface area contributed by atoms with E-state index in [1.807, 2.05) is 38.1 Å². The third kappa shape index (κ3) is 15.7. The van der Waals surface area contributed by atoms with Crippen molar-refractivity contribution in [2.75, 3.05) is 26.7 Å². The second kappa shape index (κ2) is 24.2. The van der Waals surface area contributed by atoms with Crippen molar-refractivity contribution in [2.45, 2.75) is 137 Å². The average Bonchev–Trinajstić information content (AvgIpc) is 3.44. The number of phenolic OH excluding ortho intramolecular Hbond substituents is 1. The second-order valence-electron chi connectivity index (χ2n) is 16.7. The van der Waals surface area contributed by atoms with Crippen LogP contribution in [0.3, 0.4) is 0 Å². The number of nitrogens with one attached hydrogen (secondary N) is 3. The van der Waals surface area contributed by atoms with Gasteiger partial charge >= 0.3 is 6.09 Å². The van der Waals surface area contributed by atoms with Crippen LogP contribution in [0.25, 0.3) is 0 Å². The Kier molecular flexibility index (Phi) is 20.9. The number of methoxy groups -OCH3 is 1. The molecule has 58 heavy (non-hydrogen) atoms. The van der Waals surface area contributed by atoms with Crippen LogP contribution in [0.15, 0.2) is 36.4 Å². The number of hydrogen-bond acceptors (Lipinski definition) is 9. The second-order valence-corrected chi connectivity index (χ2v) is 16.7. The van der Waals surface area contributed by atoms with E-state index in [-0.39, 0.29) is 49.5 Å². The van der Waals surface area contributed by atoms with Gasteiger partial charge in [0.15, 0.2) is 0 Å². The molecule has 0 unspecified atom stereocenters.